The summed E-state index contributed by atoms with van der Waals surface area (Å²) in [6, 6.07) is -0.136. The summed E-state index contributed by atoms with van der Waals surface area (Å²) in [5.41, 5.74) is 14.5. The first-order valence-electron chi connectivity index (χ1n) is 21.5. The van der Waals surface area contributed by atoms with Crippen molar-refractivity contribution in [3.05, 3.63) is 36.8 Å². The summed E-state index contributed by atoms with van der Waals surface area (Å²) in [4.78, 5) is 14.4. The molecule has 0 radical (unpaired) electrons. The Morgan fingerprint density at radius 1 is 0.560 bits per heavy atom. The monoisotopic (exact) mass is 702 g/mol. The predicted octanol–water partition coefficient (Wildman–Crippen LogP) is 11.6. The van der Waals surface area contributed by atoms with E-state index in [1.165, 1.54) is 159 Å². The minimum atomic E-state index is -0.136. The molecule has 0 rings (SSSR count). The highest BCUT2D eigenvalue weighted by molar-refractivity contribution is 5.75. The van der Waals surface area contributed by atoms with Gasteiger partial charge >= 0.3 is 0 Å². The maximum Gasteiger partial charge on any atom is 0.219 e. The van der Waals surface area contributed by atoms with Gasteiger partial charge in [0.15, 0.2) is 0 Å². The molecule has 6 heteroatoms. The highest BCUT2D eigenvalue weighted by atomic mass is 16.1. The number of allylic oxidation sites excluding steroid dienone is 2. The number of carbonyl (C=O) groups is 1. The van der Waals surface area contributed by atoms with Gasteiger partial charge in [0.05, 0.1) is 0 Å². The van der Waals surface area contributed by atoms with Crippen molar-refractivity contribution < 1.29 is 4.79 Å². The van der Waals surface area contributed by atoms with Gasteiger partial charge in [0.25, 0.3) is 0 Å². The molecule has 294 valence electrons. The van der Waals surface area contributed by atoms with Crippen LogP contribution < -0.4 is 22.1 Å². The van der Waals surface area contributed by atoms with Crippen LogP contribution in [0.1, 0.15) is 206 Å². The van der Waals surface area contributed by atoms with E-state index >= 15 is 0 Å². The van der Waals surface area contributed by atoms with E-state index in [4.69, 9.17) is 11.5 Å². The average molecular weight is 702 g/mol. The predicted molar refractivity (Wildman–Crippen MR) is 222 cm³/mol. The normalized spacial score (nSPS) is 11.7. The Balaban J connectivity index is 3.43. The quantitative estimate of drug-likeness (QED) is 0.0477. The molecule has 50 heavy (non-hydrogen) atoms. The van der Waals surface area contributed by atoms with Gasteiger partial charge in [0.2, 0.25) is 5.91 Å². The van der Waals surface area contributed by atoms with E-state index in [1.54, 1.807) is 0 Å². The topological polar surface area (TPSA) is 96.4 Å². The lowest BCUT2D eigenvalue weighted by atomic mass is 10.0. The molecule has 1 unspecified atom stereocenters. The average Bonchev–Trinajstić information content (AvgIpc) is 3.10. The molecular formula is C44H87N5O. The summed E-state index contributed by atoms with van der Waals surface area (Å²) >= 11 is 0. The zero-order valence-corrected chi connectivity index (χ0v) is 33.8. The molecule has 0 aromatic rings. The number of nitrogens with zero attached hydrogens (tertiary/aromatic N) is 1. The first-order chi connectivity index (χ1) is 24.3. The van der Waals surface area contributed by atoms with E-state index in [1.807, 2.05) is 0 Å². The van der Waals surface area contributed by atoms with Crippen LogP contribution in [0.5, 0.6) is 0 Å². The third-order valence-electron chi connectivity index (χ3n) is 10.3. The third-order valence-corrected chi connectivity index (χ3v) is 10.3. The van der Waals surface area contributed by atoms with Crippen LogP contribution in [0.3, 0.4) is 0 Å². The van der Waals surface area contributed by atoms with Gasteiger partial charge in [-0.15, -0.1) is 0 Å². The van der Waals surface area contributed by atoms with Crippen LogP contribution in [0.4, 0.5) is 0 Å². The van der Waals surface area contributed by atoms with E-state index in [0.717, 1.165) is 64.6 Å². The van der Waals surface area contributed by atoms with Gasteiger partial charge in [-0.3, -0.25) is 4.79 Å². The Bertz CT molecular complexity index is 812. The maximum atomic E-state index is 12.0. The number of nitrogens with one attached hydrogen (secondary N) is 2. The van der Waals surface area contributed by atoms with Gasteiger partial charge in [-0.2, -0.15) is 0 Å². The van der Waals surface area contributed by atoms with Crippen molar-refractivity contribution in [3.8, 4) is 0 Å². The molecule has 0 saturated carbocycles. The van der Waals surface area contributed by atoms with Gasteiger partial charge in [0, 0.05) is 56.2 Å². The molecule has 0 aliphatic rings. The molecule has 0 aliphatic heterocycles. The highest BCUT2D eigenvalue weighted by Gasteiger charge is 2.05. The second-order valence-electron chi connectivity index (χ2n) is 15.3. The van der Waals surface area contributed by atoms with E-state index in [-0.39, 0.29) is 11.9 Å². The fourth-order valence-corrected chi connectivity index (χ4v) is 6.55. The van der Waals surface area contributed by atoms with Crippen LogP contribution in [0, 0.1) is 0 Å². The second-order valence-corrected chi connectivity index (χ2v) is 15.3. The summed E-state index contributed by atoms with van der Waals surface area (Å²) in [7, 11) is 2.20. The standard InChI is InChI=1S/C44H87N5O/c1-6-7-8-9-10-11-12-13-14-15-16-21-26-33-40(2)47-37-30-24-19-17-22-27-34-41(3)49(5)39-32-25-20-18-23-28-36-44(50)48-38-31-29-35-43(46)42(4)45/h43,47H,2-4,6-39,45-46H2,1,5H3,(H,48,50). The fraction of sp³-hybridized carbons (Fsp3) is 0.841. The van der Waals surface area contributed by atoms with Crippen molar-refractivity contribution in [2.45, 2.75) is 212 Å². The van der Waals surface area contributed by atoms with Crippen molar-refractivity contribution in [1.82, 2.24) is 15.5 Å². The number of hydrogen-bond donors (Lipinski definition) is 4. The maximum absolute atomic E-state index is 12.0. The number of unbranched alkanes of at least 4 members (excludes halogenated alkanes) is 23. The van der Waals surface area contributed by atoms with Crippen molar-refractivity contribution in [1.29, 1.82) is 0 Å². The lowest BCUT2D eigenvalue weighted by Crippen LogP contribution is -2.27. The Kier molecular flexibility index (Phi) is 35.4. The largest absolute Gasteiger partial charge is 0.401 e. The van der Waals surface area contributed by atoms with Crippen LogP contribution in [0.2, 0.25) is 0 Å². The molecule has 0 aromatic heterocycles. The molecular weight excluding hydrogens is 615 g/mol. The van der Waals surface area contributed by atoms with Crippen LogP contribution in [-0.2, 0) is 4.79 Å². The molecule has 6 N–H and O–H groups in total. The molecule has 0 spiro atoms. The molecule has 6 nitrogen and oxygen atoms in total. The van der Waals surface area contributed by atoms with Crippen LogP contribution in [-0.4, -0.2) is 43.5 Å². The van der Waals surface area contributed by atoms with E-state index in [9.17, 15) is 4.79 Å². The lowest BCUT2D eigenvalue weighted by Gasteiger charge is -2.21. The summed E-state index contributed by atoms with van der Waals surface area (Å²) in [6.07, 6.45) is 38.8. The Hall–Kier alpha value is -1.95. The van der Waals surface area contributed by atoms with Crippen LogP contribution in [0.25, 0.3) is 0 Å². The zero-order valence-electron chi connectivity index (χ0n) is 33.8. The smallest absolute Gasteiger partial charge is 0.219 e. The first kappa shape index (κ1) is 48.0. The Morgan fingerprint density at radius 3 is 1.52 bits per heavy atom. The number of hydrogen-bond acceptors (Lipinski definition) is 5. The second kappa shape index (κ2) is 36.8. The fourth-order valence-electron chi connectivity index (χ4n) is 6.55. The van der Waals surface area contributed by atoms with Gasteiger partial charge < -0.3 is 27.0 Å². The SMILES string of the molecule is C=C(CCCCCCCCCCCCCCC)NCCCCCCCCC(=C)N(C)CCCCCCCCC(=O)NCCCCC(N)C(=C)N. The molecule has 0 aromatic carbocycles. The van der Waals surface area contributed by atoms with Crippen molar-refractivity contribution in [2.75, 3.05) is 26.7 Å². The Morgan fingerprint density at radius 2 is 0.980 bits per heavy atom. The molecule has 0 aliphatic carbocycles. The summed E-state index contributed by atoms with van der Waals surface area (Å²) in [5, 5.41) is 6.59. The van der Waals surface area contributed by atoms with Gasteiger partial charge in [0.1, 0.15) is 0 Å². The van der Waals surface area contributed by atoms with Gasteiger partial charge in [-0.25, -0.2) is 0 Å². The third kappa shape index (κ3) is 34.5. The minimum absolute atomic E-state index is 0.136. The van der Waals surface area contributed by atoms with Gasteiger partial charge in [-0.05, 0) is 64.2 Å². The minimum Gasteiger partial charge on any atom is -0.401 e. The van der Waals surface area contributed by atoms with E-state index < -0.39 is 0 Å². The van der Waals surface area contributed by atoms with Crippen molar-refractivity contribution >= 4 is 5.91 Å². The molecule has 0 bridgehead atoms. The molecule has 1 atom stereocenters. The van der Waals surface area contributed by atoms with E-state index in [0.29, 0.717) is 12.1 Å². The summed E-state index contributed by atoms with van der Waals surface area (Å²) < 4.78 is 0. The number of nitrogens with two attached hydrogens (primary N) is 2. The molecule has 0 fully saturated rings. The van der Waals surface area contributed by atoms with E-state index in [2.05, 4.69) is 49.2 Å². The van der Waals surface area contributed by atoms with Crippen LogP contribution >= 0.6 is 0 Å². The van der Waals surface area contributed by atoms with Crippen molar-refractivity contribution in [3.63, 3.8) is 0 Å². The van der Waals surface area contributed by atoms with Crippen LogP contribution in [0.15, 0.2) is 36.8 Å². The number of amides is 1. The van der Waals surface area contributed by atoms with Gasteiger partial charge in [-0.1, -0.05) is 155 Å². The Labute approximate surface area is 312 Å². The summed E-state index contributed by atoms with van der Waals surface area (Å²) in [5.74, 6) is 0.169. The number of carbonyl (C=O) groups excluding carboxylic acids is 1. The first-order valence-corrected chi connectivity index (χ1v) is 21.5. The zero-order chi connectivity index (χ0) is 36.9. The highest BCUT2D eigenvalue weighted by Crippen LogP contribution is 2.16. The lowest BCUT2D eigenvalue weighted by molar-refractivity contribution is -0.121. The molecule has 1 amide bonds. The number of rotatable bonds is 40. The summed E-state index contributed by atoms with van der Waals surface area (Å²) in [6.45, 7) is 17.5. The molecule has 0 heterocycles. The van der Waals surface area contributed by atoms with Crippen molar-refractivity contribution in [2.24, 2.45) is 11.5 Å². The molecule has 0 saturated heterocycles.